The van der Waals surface area contributed by atoms with Gasteiger partial charge in [-0.05, 0) is 6.07 Å². The van der Waals surface area contributed by atoms with E-state index in [1.54, 1.807) is 6.07 Å². The van der Waals surface area contributed by atoms with E-state index in [1.807, 2.05) is 0 Å². The number of benzene rings is 1. The number of nitrogens with zero attached hydrogens (tertiary/aromatic N) is 2. The van der Waals surface area contributed by atoms with Crippen molar-refractivity contribution in [3.8, 4) is 0 Å². The van der Waals surface area contributed by atoms with E-state index in [4.69, 9.17) is 23.2 Å². The van der Waals surface area contributed by atoms with E-state index in [9.17, 15) is 10.1 Å². The molecule has 0 aliphatic carbocycles. The Kier molecular flexibility index (Phi) is 3.69. The maximum atomic E-state index is 10.9. The Hall–Kier alpha value is -1.79. The molecule has 0 saturated heterocycles. The van der Waals surface area contributed by atoms with Crippen molar-refractivity contribution in [1.82, 2.24) is 5.16 Å². The van der Waals surface area contributed by atoms with Crippen molar-refractivity contribution in [2.24, 2.45) is 0 Å². The van der Waals surface area contributed by atoms with Gasteiger partial charge in [-0.25, -0.2) is 0 Å². The maximum Gasteiger partial charge on any atom is 0.293 e. The predicted octanol–water partition coefficient (Wildman–Crippen LogP) is 3.50. The van der Waals surface area contributed by atoms with E-state index >= 15 is 0 Å². The molecule has 0 spiro atoms. The van der Waals surface area contributed by atoms with Crippen molar-refractivity contribution in [2.75, 3.05) is 5.32 Å². The van der Waals surface area contributed by atoms with Crippen LogP contribution in [-0.4, -0.2) is 10.1 Å². The molecule has 94 valence electrons. The van der Waals surface area contributed by atoms with E-state index in [0.717, 1.165) is 0 Å². The highest BCUT2D eigenvalue weighted by atomic mass is 35.5. The molecule has 1 N–H and O–H groups in total. The molecule has 2 rings (SSSR count). The number of hydrogen-bond donors (Lipinski definition) is 1. The monoisotopic (exact) mass is 287 g/mol. The van der Waals surface area contributed by atoms with Crippen LogP contribution in [0.4, 0.5) is 11.4 Å². The molecule has 6 nitrogen and oxygen atoms in total. The number of anilines is 1. The van der Waals surface area contributed by atoms with Gasteiger partial charge in [-0.1, -0.05) is 28.4 Å². The van der Waals surface area contributed by atoms with Crippen LogP contribution in [0, 0.1) is 10.1 Å². The average Bonchev–Trinajstić information content (AvgIpc) is 2.83. The van der Waals surface area contributed by atoms with Gasteiger partial charge in [0.05, 0.1) is 21.5 Å². The second kappa shape index (κ2) is 5.24. The Morgan fingerprint density at radius 3 is 2.72 bits per heavy atom. The molecule has 0 saturated carbocycles. The third-order valence-corrected chi connectivity index (χ3v) is 2.91. The molecule has 1 heterocycles. The first-order chi connectivity index (χ1) is 8.58. The first kappa shape index (κ1) is 12.7. The zero-order valence-corrected chi connectivity index (χ0v) is 10.4. The molecule has 0 radical (unpaired) electrons. The number of rotatable bonds is 4. The van der Waals surface area contributed by atoms with Crippen LogP contribution in [0.1, 0.15) is 5.69 Å². The van der Waals surface area contributed by atoms with Crippen LogP contribution < -0.4 is 5.32 Å². The summed E-state index contributed by atoms with van der Waals surface area (Å²) in [5.41, 5.74) is 0.751. The Balaban J connectivity index is 2.25. The zero-order chi connectivity index (χ0) is 13.1. The lowest BCUT2D eigenvalue weighted by Gasteiger charge is -2.06. The van der Waals surface area contributed by atoms with Crippen molar-refractivity contribution in [2.45, 2.75) is 6.54 Å². The second-order valence-electron chi connectivity index (χ2n) is 3.38. The van der Waals surface area contributed by atoms with Gasteiger partial charge in [-0.15, -0.1) is 0 Å². The minimum Gasteiger partial charge on any atom is -0.374 e. The molecule has 18 heavy (non-hydrogen) atoms. The summed E-state index contributed by atoms with van der Waals surface area (Å²) < 4.78 is 4.65. The quantitative estimate of drug-likeness (QED) is 0.687. The minimum atomic E-state index is -0.534. The fraction of sp³-hybridized carbons (Fsp3) is 0.100. The summed E-state index contributed by atoms with van der Waals surface area (Å²) in [6, 6.07) is 4.26. The van der Waals surface area contributed by atoms with E-state index < -0.39 is 4.92 Å². The molecule has 2 aromatic rings. The SMILES string of the molecule is O=[N+]([O-])c1cc(Cl)c(Cl)cc1NCc1ccon1. The summed E-state index contributed by atoms with van der Waals surface area (Å²) in [6.45, 7) is 0.287. The molecular formula is C10H7Cl2N3O3. The van der Waals surface area contributed by atoms with E-state index in [1.165, 1.54) is 18.4 Å². The molecule has 1 aromatic heterocycles. The van der Waals surface area contributed by atoms with Crippen LogP contribution in [0.5, 0.6) is 0 Å². The van der Waals surface area contributed by atoms with Gasteiger partial charge < -0.3 is 9.84 Å². The van der Waals surface area contributed by atoms with E-state index in [0.29, 0.717) is 5.69 Å². The minimum absolute atomic E-state index is 0.135. The number of halogens is 2. The van der Waals surface area contributed by atoms with Crippen molar-refractivity contribution in [3.05, 3.63) is 50.3 Å². The lowest BCUT2D eigenvalue weighted by atomic mass is 10.2. The van der Waals surface area contributed by atoms with Crippen LogP contribution >= 0.6 is 23.2 Å². The van der Waals surface area contributed by atoms with Gasteiger partial charge >= 0.3 is 0 Å². The van der Waals surface area contributed by atoms with Gasteiger partial charge in [0.15, 0.2) is 0 Å². The number of aromatic nitrogens is 1. The van der Waals surface area contributed by atoms with Crippen molar-refractivity contribution in [1.29, 1.82) is 0 Å². The van der Waals surface area contributed by atoms with E-state index in [-0.39, 0.29) is 28.0 Å². The lowest BCUT2D eigenvalue weighted by molar-refractivity contribution is -0.383. The summed E-state index contributed by atoms with van der Waals surface area (Å²) in [6.07, 6.45) is 1.42. The summed E-state index contributed by atoms with van der Waals surface area (Å²) in [4.78, 5) is 10.3. The largest absolute Gasteiger partial charge is 0.374 e. The summed E-state index contributed by atoms with van der Waals surface area (Å²) in [5, 5.41) is 17.8. The maximum absolute atomic E-state index is 10.9. The molecule has 0 unspecified atom stereocenters. The van der Waals surface area contributed by atoms with Gasteiger partial charge in [-0.3, -0.25) is 10.1 Å². The first-order valence-corrected chi connectivity index (χ1v) is 5.60. The van der Waals surface area contributed by atoms with Crippen molar-refractivity contribution < 1.29 is 9.45 Å². The lowest BCUT2D eigenvalue weighted by Crippen LogP contribution is -2.03. The summed E-state index contributed by atoms with van der Waals surface area (Å²) in [7, 11) is 0. The molecule has 0 amide bonds. The van der Waals surface area contributed by atoms with Crippen LogP contribution in [0.15, 0.2) is 29.0 Å². The fourth-order valence-electron chi connectivity index (χ4n) is 1.34. The van der Waals surface area contributed by atoms with E-state index in [2.05, 4.69) is 15.0 Å². The highest BCUT2D eigenvalue weighted by Gasteiger charge is 2.17. The smallest absolute Gasteiger partial charge is 0.293 e. The highest BCUT2D eigenvalue weighted by molar-refractivity contribution is 6.42. The molecule has 0 aliphatic rings. The molecule has 0 bridgehead atoms. The summed E-state index contributed by atoms with van der Waals surface area (Å²) >= 11 is 11.6. The third-order valence-electron chi connectivity index (χ3n) is 2.19. The first-order valence-electron chi connectivity index (χ1n) is 4.84. The Labute approximate surface area is 112 Å². The number of nitro benzene ring substituents is 1. The molecule has 1 aromatic carbocycles. The number of nitrogens with one attached hydrogen (secondary N) is 1. The van der Waals surface area contributed by atoms with Gasteiger partial charge in [0, 0.05) is 12.1 Å². The number of hydrogen-bond acceptors (Lipinski definition) is 5. The second-order valence-corrected chi connectivity index (χ2v) is 4.20. The fourth-order valence-corrected chi connectivity index (χ4v) is 1.67. The molecule has 8 heteroatoms. The standard InChI is InChI=1S/C10H7Cl2N3O3/c11-7-3-9(10(15(16)17)4-8(7)12)13-5-6-1-2-18-14-6/h1-4,13H,5H2. The van der Waals surface area contributed by atoms with Crippen LogP contribution in [0.25, 0.3) is 0 Å². The Bertz CT molecular complexity index is 572. The Morgan fingerprint density at radius 2 is 2.11 bits per heavy atom. The van der Waals surface area contributed by atoms with Gasteiger partial charge in [-0.2, -0.15) is 0 Å². The predicted molar refractivity (Wildman–Crippen MR) is 66.9 cm³/mol. The van der Waals surface area contributed by atoms with Gasteiger partial charge in [0.25, 0.3) is 5.69 Å². The zero-order valence-electron chi connectivity index (χ0n) is 8.89. The van der Waals surface area contributed by atoms with Crippen LogP contribution in [0.2, 0.25) is 10.0 Å². The highest BCUT2D eigenvalue weighted by Crippen LogP contribution is 2.34. The topological polar surface area (TPSA) is 81.2 Å². The van der Waals surface area contributed by atoms with Crippen molar-refractivity contribution in [3.63, 3.8) is 0 Å². The average molecular weight is 288 g/mol. The Morgan fingerprint density at radius 1 is 1.39 bits per heavy atom. The van der Waals surface area contributed by atoms with Crippen molar-refractivity contribution >= 4 is 34.6 Å². The molecule has 0 fully saturated rings. The molecule has 0 aliphatic heterocycles. The van der Waals surface area contributed by atoms with Crippen LogP contribution in [0.3, 0.4) is 0 Å². The normalized spacial score (nSPS) is 10.3. The third kappa shape index (κ3) is 2.72. The van der Waals surface area contributed by atoms with Crippen LogP contribution in [-0.2, 0) is 6.54 Å². The number of nitro groups is 1. The van der Waals surface area contributed by atoms with Gasteiger partial charge in [0.1, 0.15) is 17.6 Å². The summed E-state index contributed by atoms with van der Waals surface area (Å²) in [5.74, 6) is 0. The van der Waals surface area contributed by atoms with Gasteiger partial charge in [0.2, 0.25) is 0 Å². The molecular weight excluding hydrogens is 281 g/mol. The molecule has 0 atom stereocenters.